The molecule has 0 unspecified atom stereocenters. The van der Waals surface area contributed by atoms with Crippen LogP contribution in [0.2, 0.25) is 0 Å². The fraction of sp³-hybridized carbons (Fsp3) is 0.267. The van der Waals surface area contributed by atoms with Gasteiger partial charge in [0.05, 0.1) is 6.54 Å². The third-order valence-electron chi connectivity index (χ3n) is 3.23. The molecule has 5 nitrogen and oxygen atoms in total. The standard InChI is InChI=1S/C15H14FN3O2S2/c1-3-22-15-19-18-14(23-15)17-7-11(20)13-8(2)10-6-9(16)4-5-12(10)21-13/h4-6H,3,7H2,1-2H3,(H,17,18). The molecule has 0 aliphatic carbocycles. The van der Waals surface area contributed by atoms with Crippen molar-refractivity contribution in [3.05, 3.63) is 35.3 Å². The van der Waals surface area contributed by atoms with Crippen LogP contribution >= 0.6 is 23.1 Å². The van der Waals surface area contributed by atoms with Gasteiger partial charge < -0.3 is 9.73 Å². The average molecular weight is 351 g/mol. The molecule has 120 valence electrons. The summed E-state index contributed by atoms with van der Waals surface area (Å²) in [5.41, 5.74) is 1.15. The number of hydrogen-bond acceptors (Lipinski definition) is 7. The van der Waals surface area contributed by atoms with Gasteiger partial charge >= 0.3 is 0 Å². The number of benzene rings is 1. The number of Topliss-reactive ketones (excluding diaryl/α,β-unsaturated/α-hetero) is 1. The van der Waals surface area contributed by atoms with Crippen LogP contribution < -0.4 is 5.32 Å². The van der Waals surface area contributed by atoms with Crippen molar-refractivity contribution >= 4 is 45.0 Å². The molecule has 0 aliphatic rings. The second-order valence-electron chi connectivity index (χ2n) is 4.78. The minimum atomic E-state index is -0.353. The monoisotopic (exact) mass is 351 g/mol. The molecule has 3 rings (SSSR count). The highest BCUT2D eigenvalue weighted by atomic mass is 32.2. The SMILES string of the molecule is CCSc1nnc(NCC(=O)c2oc3ccc(F)cc3c2C)s1. The normalized spacial score (nSPS) is 11.1. The minimum Gasteiger partial charge on any atom is -0.453 e. The molecular formula is C15H14FN3O2S2. The van der Waals surface area contributed by atoms with Crippen LogP contribution in [0.5, 0.6) is 0 Å². The van der Waals surface area contributed by atoms with Gasteiger partial charge in [-0.05, 0) is 30.9 Å². The molecule has 0 radical (unpaired) electrons. The summed E-state index contributed by atoms with van der Waals surface area (Å²) in [6.07, 6.45) is 0. The maximum atomic E-state index is 13.3. The molecule has 0 aliphatic heterocycles. The van der Waals surface area contributed by atoms with Gasteiger partial charge in [0.2, 0.25) is 10.9 Å². The molecule has 3 aromatic rings. The predicted octanol–water partition coefficient (Wildman–Crippen LogP) is 4.14. The molecule has 0 saturated carbocycles. The van der Waals surface area contributed by atoms with Crippen LogP contribution in [0.3, 0.4) is 0 Å². The fourth-order valence-electron chi connectivity index (χ4n) is 2.16. The number of carbonyl (C=O) groups is 1. The molecule has 8 heteroatoms. The van der Waals surface area contributed by atoms with Gasteiger partial charge in [0, 0.05) is 10.9 Å². The molecule has 0 amide bonds. The first kappa shape index (κ1) is 15.9. The summed E-state index contributed by atoms with van der Waals surface area (Å²) in [6, 6.07) is 4.21. The molecule has 0 bridgehead atoms. The quantitative estimate of drug-likeness (QED) is 0.532. The van der Waals surface area contributed by atoms with Gasteiger partial charge in [0.1, 0.15) is 11.4 Å². The highest BCUT2D eigenvalue weighted by Crippen LogP contribution is 2.27. The summed E-state index contributed by atoms with van der Waals surface area (Å²) >= 11 is 3.00. The number of furan rings is 1. The Labute approximate surface area is 140 Å². The molecule has 0 saturated heterocycles. The van der Waals surface area contributed by atoms with Crippen molar-refractivity contribution < 1.29 is 13.6 Å². The molecule has 23 heavy (non-hydrogen) atoms. The van der Waals surface area contributed by atoms with E-state index in [2.05, 4.69) is 15.5 Å². The van der Waals surface area contributed by atoms with Crippen molar-refractivity contribution in [2.45, 2.75) is 18.2 Å². The Kier molecular flexibility index (Phi) is 4.63. The van der Waals surface area contributed by atoms with Crippen LogP contribution in [0.25, 0.3) is 11.0 Å². The van der Waals surface area contributed by atoms with E-state index >= 15 is 0 Å². The number of fused-ring (bicyclic) bond motifs is 1. The van der Waals surface area contributed by atoms with Crippen molar-refractivity contribution in [2.75, 3.05) is 17.6 Å². The van der Waals surface area contributed by atoms with Crippen LogP contribution in [0.15, 0.2) is 27.0 Å². The lowest BCUT2D eigenvalue weighted by atomic mass is 10.1. The lowest BCUT2D eigenvalue weighted by Gasteiger charge is -1.99. The van der Waals surface area contributed by atoms with Crippen molar-refractivity contribution in [1.82, 2.24) is 10.2 Å². The number of ketones is 1. The zero-order valence-electron chi connectivity index (χ0n) is 12.6. The topological polar surface area (TPSA) is 68.0 Å². The molecular weight excluding hydrogens is 337 g/mol. The molecule has 2 aromatic heterocycles. The van der Waals surface area contributed by atoms with Gasteiger partial charge in [0.15, 0.2) is 10.1 Å². The highest BCUT2D eigenvalue weighted by molar-refractivity contribution is 8.01. The van der Waals surface area contributed by atoms with E-state index in [-0.39, 0.29) is 23.9 Å². The van der Waals surface area contributed by atoms with E-state index < -0.39 is 0 Å². The van der Waals surface area contributed by atoms with Gasteiger partial charge in [0.25, 0.3) is 0 Å². The van der Waals surface area contributed by atoms with E-state index in [9.17, 15) is 9.18 Å². The number of aryl methyl sites for hydroxylation is 1. The van der Waals surface area contributed by atoms with Crippen molar-refractivity contribution in [1.29, 1.82) is 0 Å². The number of rotatable bonds is 6. The summed E-state index contributed by atoms with van der Waals surface area (Å²) in [6.45, 7) is 3.84. The van der Waals surface area contributed by atoms with Crippen LogP contribution in [0, 0.1) is 12.7 Å². The Morgan fingerprint density at radius 1 is 1.43 bits per heavy atom. The Bertz CT molecular complexity index is 860. The number of nitrogens with zero attached hydrogens (tertiary/aromatic N) is 2. The molecule has 0 fully saturated rings. The van der Waals surface area contributed by atoms with Gasteiger partial charge in [-0.25, -0.2) is 4.39 Å². The molecule has 0 spiro atoms. The third kappa shape index (κ3) is 3.37. The lowest BCUT2D eigenvalue weighted by molar-refractivity contribution is 0.0981. The van der Waals surface area contributed by atoms with Crippen LogP contribution in [-0.2, 0) is 0 Å². The van der Waals surface area contributed by atoms with Gasteiger partial charge in [-0.2, -0.15) is 0 Å². The van der Waals surface area contributed by atoms with Crippen molar-refractivity contribution in [2.24, 2.45) is 0 Å². The van der Waals surface area contributed by atoms with E-state index in [0.717, 1.165) is 10.1 Å². The van der Waals surface area contributed by atoms with E-state index in [1.165, 1.54) is 29.5 Å². The Morgan fingerprint density at radius 3 is 3.04 bits per heavy atom. The second-order valence-corrected chi connectivity index (χ2v) is 7.27. The minimum absolute atomic E-state index is 0.0502. The summed E-state index contributed by atoms with van der Waals surface area (Å²) in [5.74, 6) is 0.598. The van der Waals surface area contributed by atoms with E-state index in [1.807, 2.05) is 6.92 Å². The first-order chi connectivity index (χ1) is 11.1. The smallest absolute Gasteiger partial charge is 0.217 e. The van der Waals surface area contributed by atoms with Gasteiger partial charge in [-0.1, -0.05) is 30.0 Å². The zero-order chi connectivity index (χ0) is 16.4. The Balaban J connectivity index is 1.74. The summed E-state index contributed by atoms with van der Waals surface area (Å²) in [5, 5.41) is 12.2. The number of aromatic nitrogens is 2. The highest BCUT2D eigenvalue weighted by Gasteiger charge is 2.18. The van der Waals surface area contributed by atoms with E-state index in [4.69, 9.17) is 4.42 Å². The number of halogens is 1. The largest absolute Gasteiger partial charge is 0.453 e. The second kappa shape index (κ2) is 6.67. The van der Waals surface area contributed by atoms with Crippen molar-refractivity contribution in [3.63, 3.8) is 0 Å². The maximum Gasteiger partial charge on any atom is 0.217 e. The summed E-state index contributed by atoms with van der Waals surface area (Å²) in [7, 11) is 0. The first-order valence-corrected chi connectivity index (χ1v) is 8.80. The number of nitrogens with one attached hydrogen (secondary N) is 1. The number of hydrogen-bond donors (Lipinski definition) is 1. The number of thioether (sulfide) groups is 1. The van der Waals surface area contributed by atoms with E-state index in [0.29, 0.717) is 21.7 Å². The van der Waals surface area contributed by atoms with E-state index in [1.54, 1.807) is 18.7 Å². The Morgan fingerprint density at radius 2 is 2.26 bits per heavy atom. The average Bonchev–Trinajstić information content (AvgIpc) is 3.11. The summed E-state index contributed by atoms with van der Waals surface area (Å²) in [4.78, 5) is 12.3. The molecule has 1 aromatic carbocycles. The third-order valence-corrected chi connectivity index (χ3v) is 5.12. The van der Waals surface area contributed by atoms with Gasteiger partial charge in [-0.3, -0.25) is 4.79 Å². The first-order valence-electron chi connectivity index (χ1n) is 7.00. The molecule has 1 N–H and O–H groups in total. The van der Waals surface area contributed by atoms with Gasteiger partial charge in [-0.15, -0.1) is 10.2 Å². The summed E-state index contributed by atoms with van der Waals surface area (Å²) < 4.78 is 19.7. The van der Waals surface area contributed by atoms with Crippen LogP contribution in [0.4, 0.5) is 9.52 Å². The number of carbonyl (C=O) groups excluding carboxylic acids is 1. The zero-order valence-corrected chi connectivity index (χ0v) is 14.2. The predicted molar refractivity (Wildman–Crippen MR) is 90.0 cm³/mol. The van der Waals surface area contributed by atoms with Crippen LogP contribution in [-0.4, -0.2) is 28.3 Å². The molecule has 0 atom stereocenters. The lowest BCUT2D eigenvalue weighted by Crippen LogP contribution is -2.14. The number of anilines is 1. The Hall–Kier alpha value is -1.93. The van der Waals surface area contributed by atoms with Crippen molar-refractivity contribution in [3.8, 4) is 0 Å². The fourth-order valence-corrected chi connectivity index (χ4v) is 3.80. The maximum absolute atomic E-state index is 13.3. The van der Waals surface area contributed by atoms with Crippen LogP contribution in [0.1, 0.15) is 23.0 Å². The molecule has 2 heterocycles.